The molecule has 1 aliphatic rings. The fraction of sp³-hybridized carbons (Fsp3) is 0.333. The molecule has 0 bridgehead atoms. The van der Waals surface area contributed by atoms with Crippen molar-refractivity contribution in [2.45, 2.75) is 25.9 Å². The van der Waals surface area contributed by atoms with Crippen molar-refractivity contribution in [1.29, 1.82) is 0 Å². The van der Waals surface area contributed by atoms with Crippen LogP contribution >= 0.6 is 11.6 Å². The number of benzene rings is 2. The van der Waals surface area contributed by atoms with Gasteiger partial charge in [0.15, 0.2) is 0 Å². The van der Waals surface area contributed by atoms with Gasteiger partial charge in [0.05, 0.1) is 31.5 Å². The van der Waals surface area contributed by atoms with Crippen LogP contribution in [0.15, 0.2) is 36.4 Å². The molecule has 1 atom stereocenters. The first-order valence-corrected chi connectivity index (χ1v) is 10.8. The number of halogens is 1. The Morgan fingerprint density at radius 1 is 1.25 bits per heavy atom. The molecular weight excluding hydrogens is 430 g/mol. The van der Waals surface area contributed by atoms with Crippen molar-refractivity contribution in [2.75, 3.05) is 20.8 Å². The van der Waals surface area contributed by atoms with Gasteiger partial charge in [0.1, 0.15) is 29.0 Å². The van der Waals surface area contributed by atoms with Gasteiger partial charge in [0.2, 0.25) is 0 Å². The predicted molar refractivity (Wildman–Crippen MR) is 123 cm³/mol. The van der Waals surface area contributed by atoms with Gasteiger partial charge in [0.25, 0.3) is 5.91 Å². The third-order valence-electron chi connectivity index (χ3n) is 5.59. The molecule has 1 N–H and O–H groups in total. The first-order valence-electron chi connectivity index (χ1n) is 10.5. The van der Waals surface area contributed by atoms with Crippen LogP contribution in [-0.4, -0.2) is 42.6 Å². The zero-order chi connectivity index (χ0) is 22.8. The SMILES string of the molecule is CCc1cc(C(=O)NCC2Cc3cc(-c4cc(OC)ccc4OC)cc(Cl)c3O2)n(C)n1. The van der Waals surface area contributed by atoms with Gasteiger partial charge in [0, 0.05) is 24.6 Å². The van der Waals surface area contributed by atoms with Crippen LogP contribution in [0.2, 0.25) is 5.02 Å². The lowest BCUT2D eigenvalue weighted by molar-refractivity contribution is 0.0924. The van der Waals surface area contributed by atoms with Crippen molar-refractivity contribution >= 4 is 17.5 Å². The van der Waals surface area contributed by atoms with Crippen LogP contribution in [-0.2, 0) is 19.9 Å². The zero-order valence-corrected chi connectivity index (χ0v) is 19.3. The number of rotatable bonds is 7. The Kier molecular flexibility index (Phi) is 6.28. The van der Waals surface area contributed by atoms with E-state index in [4.69, 9.17) is 25.8 Å². The molecule has 8 heteroatoms. The molecular formula is C24H26ClN3O4. The number of carbonyl (C=O) groups excluding carboxylic acids is 1. The summed E-state index contributed by atoms with van der Waals surface area (Å²) >= 11 is 6.56. The van der Waals surface area contributed by atoms with Crippen LogP contribution in [0, 0.1) is 0 Å². The molecule has 0 aliphatic carbocycles. The first-order chi connectivity index (χ1) is 15.4. The van der Waals surface area contributed by atoms with Crippen molar-refractivity contribution in [3.05, 3.63) is 58.4 Å². The number of amides is 1. The molecule has 168 valence electrons. The highest BCUT2D eigenvalue weighted by Gasteiger charge is 2.27. The fourth-order valence-corrected chi connectivity index (χ4v) is 4.19. The molecule has 2 heterocycles. The van der Waals surface area contributed by atoms with Crippen molar-refractivity contribution in [2.24, 2.45) is 7.05 Å². The second-order valence-corrected chi connectivity index (χ2v) is 8.07. The second kappa shape index (κ2) is 9.12. The lowest BCUT2D eigenvalue weighted by Gasteiger charge is -2.13. The third-order valence-corrected chi connectivity index (χ3v) is 5.87. The van der Waals surface area contributed by atoms with Crippen molar-refractivity contribution < 1.29 is 19.0 Å². The van der Waals surface area contributed by atoms with Gasteiger partial charge in [-0.15, -0.1) is 0 Å². The van der Waals surface area contributed by atoms with E-state index in [2.05, 4.69) is 16.5 Å². The summed E-state index contributed by atoms with van der Waals surface area (Å²) < 4.78 is 18.5. The molecule has 0 spiro atoms. The summed E-state index contributed by atoms with van der Waals surface area (Å²) in [5.41, 5.74) is 4.21. The normalized spacial score (nSPS) is 14.6. The van der Waals surface area contributed by atoms with Crippen molar-refractivity contribution in [1.82, 2.24) is 15.1 Å². The Labute approximate surface area is 192 Å². The molecule has 0 radical (unpaired) electrons. The van der Waals surface area contributed by atoms with Gasteiger partial charge < -0.3 is 19.5 Å². The molecule has 3 aromatic rings. The van der Waals surface area contributed by atoms with Crippen LogP contribution in [0.5, 0.6) is 17.2 Å². The highest BCUT2D eigenvalue weighted by atomic mass is 35.5. The van der Waals surface area contributed by atoms with E-state index in [1.165, 1.54) is 0 Å². The predicted octanol–water partition coefficient (Wildman–Crippen LogP) is 4.05. The van der Waals surface area contributed by atoms with E-state index < -0.39 is 0 Å². The number of hydrogen-bond donors (Lipinski definition) is 1. The number of methoxy groups -OCH3 is 2. The maximum Gasteiger partial charge on any atom is 0.269 e. The number of nitrogens with zero attached hydrogens (tertiary/aromatic N) is 2. The Hall–Kier alpha value is -3.19. The van der Waals surface area contributed by atoms with Crippen molar-refractivity contribution in [3.8, 4) is 28.4 Å². The van der Waals surface area contributed by atoms with Gasteiger partial charge >= 0.3 is 0 Å². The smallest absolute Gasteiger partial charge is 0.269 e. The van der Waals surface area contributed by atoms with Gasteiger partial charge in [-0.25, -0.2) is 0 Å². The average Bonchev–Trinajstić information content (AvgIpc) is 3.40. The molecule has 1 aliphatic heterocycles. The van der Waals surface area contributed by atoms with E-state index >= 15 is 0 Å². The van der Waals surface area contributed by atoms with Gasteiger partial charge in [-0.3, -0.25) is 9.48 Å². The second-order valence-electron chi connectivity index (χ2n) is 7.66. The standard InChI is InChI=1S/C24H26ClN3O4/c1-5-16-11-21(28(2)27-16)24(29)26-13-18-9-15-8-14(10-20(25)23(15)32-18)19-12-17(30-3)6-7-22(19)31-4/h6-8,10-12,18H,5,9,13H2,1-4H3,(H,26,29). The summed E-state index contributed by atoms with van der Waals surface area (Å²) in [7, 11) is 5.03. The van der Waals surface area contributed by atoms with Crippen LogP contribution < -0.4 is 19.5 Å². The maximum atomic E-state index is 12.6. The summed E-state index contributed by atoms with van der Waals surface area (Å²) in [5.74, 6) is 1.94. The Bertz CT molecular complexity index is 1160. The first kappa shape index (κ1) is 22.0. The van der Waals surface area contributed by atoms with Crippen LogP contribution in [0.3, 0.4) is 0 Å². The molecule has 0 saturated heterocycles. The molecule has 1 aromatic heterocycles. The third kappa shape index (κ3) is 4.25. The topological polar surface area (TPSA) is 74.6 Å². The van der Waals surface area contributed by atoms with E-state index in [-0.39, 0.29) is 12.0 Å². The highest BCUT2D eigenvalue weighted by Crippen LogP contribution is 2.42. The van der Waals surface area contributed by atoms with E-state index in [0.717, 1.165) is 40.3 Å². The number of fused-ring (bicyclic) bond motifs is 1. The average molecular weight is 456 g/mol. The lowest BCUT2D eigenvalue weighted by Crippen LogP contribution is -2.35. The number of ether oxygens (including phenoxy) is 3. The van der Waals surface area contributed by atoms with Crippen LogP contribution in [0.1, 0.15) is 28.7 Å². The van der Waals surface area contributed by atoms with Gasteiger partial charge in [-0.2, -0.15) is 5.10 Å². The lowest BCUT2D eigenvalue weighted by atomic mass is 9.99. The van der Waals surface area contributed by atoms with Crippen molar-refractivity contribution in [3.63, 3.8) is 0 Å². The monoisotopic (exact) mass is 455 g/mol. The molecule has 2 aromatic carbocycles. The highest BCUT2D eigenvalue weighted by molar-refractivity contribution is 6.32. The quantitative estimate of drug-likeness (QED) is 0.581. The van der Waals surface area contributed by atoms with Crippen LogP contribution in [0.25, 0.3) is 11.1 Å². The van der Waals surface area contributed by atoms with E-state index in [1.54, 1.807) is 25.9 Å². The Balaban J connectivity index is 1.50. The molecule has 32 heavy (non-hydrogen) atoms. The van der Waals surface area contributed by atoms with E-state index in [0.29, 0.717) is 29.4 Å². The summed E-state index contributed by atoms with van der Waals surface area (Å²) in [6, 6.07) is 11.4. The molecule has 1 amide bonds. The summed E-state index contributed by atoms with van der Waals surface area (Å²) in [6.07, 6.45) is 1.22. The number of nitrogens with one attached hydrogen (secondary N) is 1. The summed E-state index contributed by atoms with van der Waals surface area (Å²) in [6.45, 7) is 2.38. The summed E-state index contributed by atoms with van der Waals surface area (Å²) in [5, 5.41) is 7.80. The minimum Gasteiger partial charge on any atom is -0.497 e. The largest absolute Gasteiger partial charge is 0.497 e. The number of aromatic nitrogens is 2. The Morgan fingerprint density at radius 2 is 2.06 bits per heavy atom. The molecule has 0 fully saturated rings. The minimum atomic E-state index is -0.201. The summed E-state index contributed by atoms with van der Waals surface area (Å²) in [4.78, 5) is 12.6. The Morgan fingerprint density at radius 3 is 2.75 bits per heavy atom. The molecule has 7 nitrogen and oxygen atoms in total. The van der Waals surface area contributed by atoms with Gasteiger partial charge in [-0.05, 0) is 48.4 Å². The zero-order valence-electron chi connectivity index (χ0n) is 18.6. The van der Waals surface area contributed by atoms with E-state index in [1.807, 2.05) is 37.3 Å². The van der Waals surface area contributed by atoms with E-state index in [9.17, 15) is 4.79 Å². The number of aryl methyl sites for hydroxylation is 2. The van der Waals surface area contributed by atoms with Gasteiger partial charge in [-0.1, -0.05) is 18.5 Å². The number of carbonyl (C=O) groups is 1. The minimum absolute atomic E-state index is 0.174. The number of hydrogen-bond acceptors (Lipinski definition) is 5. The van der Waals surface area contributed by atoms with Crippen LogP contribution in [0.4, 0.5) is 0 Å². The molecule has 4 rings (SSSR count). The maximum absolute atomic E-state index is 12.6. The fourth-order valence-electron chi connectivity index (χ4n) is 3.91. The molecule has 0 saturated carbocycles. The molecule has 1 unspecified atom stereocenters.